The number of hydrogen-bond donors (Lipinski definition) is 1. The molecule has 0 unspecified atom stereocenters. The molecule has 0 aliphatic carbocycles. The first-order chi connectivity index (χ1) is 14.5. The molecule has 0 fully saturated rings. The van der Waals surface area contributed by atoms with Crippen LogP contribution in [-0.2, 0) is 11.2 Å². The smallest absolute Gasteiger partial charge is 0.313 e. The van der Waals surface area contributed by atoms with Gasteiger partial charge in [-0.15, -0.1) is 0 Å². The van der Waals surface area contributed by atoms with E-state index in [9.17, 15) is 14.4 Å². The molecule has 7 nitrogen and oxygen atoms in total. The van der Waals surface area contributed by atoms with E-state index in [1.807, 2.05) is 0 Å². The maximum Gasteiger partial charge on any atom is 0.313 e. The predicted molar refractivity (Wildman–Crippen MR) is 112 cm³/mol. The highest BCUT2D eigenvalue weighted by atomic mass is 16.5. The molecule has 0 bridgehead atoms. The Morgan fingerprint density at radius 3 is 2.27 bits per heavy atom. The second kappa shape index (κ2) is 9.47. The fourth-order valence-corrected chi connectivity index (χ4v) is 2.68. The van der Waals surface area contributed by atoms with Crippen LogP contribution in [0, 0.1) is 0 Å². The fourth-order valence-electron chi connectivity index (χ4n) is 2.68. The fraction of sp³-hybridized carbons (Fsp3) is 0.130. The summed E-state index contributed by atoms with van der Waals surface area (Å²) in [7, 11) is 1.56. The van der Waals surface area contributed by atoms with E-state index in [-0.39, 0.29) is 23.7 Å². The lowest BCUT2D eigenvalue weighted by Gasteiger charge is -2.09. The number of furan rings is 1. The van der Waals surface area contributed by atoms with Crippen LogP contribution in [0.25, 0.3) is 0 Å². The highest BCUT2D eigenvalue weighted by Crippen LogP contribution is 2.14. The minimum absolute atomic E-state index is 0.0252. The van der Waals surface area contributed by atoms with Gasteiger partial charge in [-0.1, -0.05) is 12.1 Å². The molecule has 0 atom stereocenters. The third-order valence-corrected chi connectivity index (χ3v) is 4.31. The highest BCUT2D eigenvalue weighted by Gasteiger charge is 2.17. The summed E-state index contributed by atoms with van der Waals surface area (Å²) in [6.45, 7) is 1.47. The van der Waals surface area contributed by atoms with E-state index in [2.05, 4.69) is 10.3 Å². The number of amides is 2. The third kappa shape index (κ3) is 5.29. The van der Waals surface area contributed by atoms with E-state index >= 15 is 0 Å². The number of nitrogens with zero attached hydrogens (tertiary/aromatic N) is 1. The van der Waals surface area contributed by atoms with Gasteiger partial charge in [0.15, 0.2) is 11.5 Å². The molecule has 7 heteroatoms. The number of anilines is 1. The zero-order chi connectivity index (χ0) is 21.5. The molecule has 0 saturated heterocycles. The Hall–Kier alpha value is -4.00. The number of hydrogen-bond acceptors (Lipinski definition) is 5. The van der Waals surface area contributed by atoms with Crippen molar-refractivity contribution in [2.24, 2.45) is 4.99 Å². The Bertz CT molecular complexity index is 1070. The van der Waals surface area contributed by atoms with Crippen molar-refractivity contribution in [3.63, 3.8) is 0 Å². The van der Waals surface area contributed by atoms with Gasteiger partial charge in [-0.05, 0) is 61.0 Å². The minimum Gasteiger partial charge on any atom is -0.497 e. The summed E-state index contributed by atoms with van der Waals surface area (Å²) in [5, 5.41) is 2.71. The summed E-state index contributed by atoms with van der Waals surface area (Å²) in [4.78, 5) is 40.6. The van der Waals surface area contributed by atoms with Crippen molar-refractivity contribution in [2.75, 3.05) is 12.4 Å². The van der Waals surface area contributed by atoms with Crippen molar-refractivity contribution in [3.8, 4) is 5.75 Å². The number of aliphatic imine (C=N–C) groups is 1. The number of rotatable bonds is 7. The van der Waals surface area contributed by atoms with Gasteiger partial charge in [-0.2, -0.15) is 0 Å². The first kappa shape index (κ1) is 20.7. The molecule has 0 saturated carbocycles. The molecule has 3 aromatic rings. The summed E-state index contributed by atoms with van der Waals surface area (Å²) < 4.78 is 10.2. The van der Waals surface area contributed by atoms with Gasteiger partial charge in [0, 0.05) is 17.7 Å². The van der Waals surface area contributed by atoms with Crippen LogP contribution in [0.3, 0.4) is 0 Å². The lowest BCUT2D eigenvalue weighted by Crippen LogP contribution is -2.26. The monoisotopic (exact) mass is 404 g/mol. The van der Waals surface area contributed by atoms with E-state index in [1.165, 1.54) is 19.3 Å². The Labute approximate surface area is 173 Å². The zero-order valence-electron chi connectivity index (χ0n) is 16.5. The minimum atomic E-state index is -0.648. The predicted octanol–water partition coefficient (Wildman–Crippen LogP) is 3.95. The molecule has 0 spiro atoms. The molecule has 152 valence electrons. The number of carbonyl (C=O) groups excluding carboxylic acids is 3. The van der Waals surface area contributed by atoms with Gasteiger partial charge in [0.25, 0.3) is 5.91 Å². The van der Waals surface area contributed by atoms with Crippen LogP contribution >= 0.6 is 0 Å². The topological polar surface area (TPSA) is 98.0 Å². The average molecular weight is 404 g/mol. The average Bonchev–Trinajstić information content (AvgIpc) is 3.29. The van der Waals surface area contributed by atoms with Gasteiger partial charge < -0.3 is 14.5 Å². The Morgan fingerprint density at radius 1 is 1.00 bits per heavy atom. The van der Waals surface area contributed by atoms with Crippen LogP contribution in [0.2, 0.25) is 0 Å². The quantitative estimate of drug-likeness (QED) is 0.475. The normalized spacial score (nSPS) is 11.1. The summed E-state index contributed by atoms with van der Waals surface area (Å²) in [5.41, 5.74) is 1.83. The molecular weight excluding hydrogens is 384 g/mol. The van der Waals surface area contributed by atoms with Crippen molar-refractivity contribution in [2.45, 2.75) is 13.3 Å². The maximum absolute atomic E-state index is 12.8. The van der Waals surface area contributed by atoms with Gasteiger partial charge in [-0.3, -0.25) is 14.4 Å². The molecule has 1 heterocycles. The first-order valence-electron chi connectivity index (χ1n) is 9.17. The van der Waals surface area contributed by atoms with Crippen LogP contribution < -0.4 is 10.1 Å². The van der Waals surface area contributed by atoms with E-state index in [1.54, 1.807) is 61.7 Å². The molecule has 30 heavy (non-hydrogen) atoms. The van der Waals surface area contributed by atoms with E-state index in [4.69, 9.17) is 9.15 Å². The number of ketones is 1. The van der Waals surface area contributed by atoms with Crippen LogP contribution in [0.15, 0.2) is 76.3 Å². The lowest BCUT2D eigenvalue weighted by atomic mass is 10.1. The zero-order valence-corrected chi connectivity index (χ0v) is 16.5. The van der Waals surface area contributed by atoms with Crippen LogP contribution in [0.1, 0.15) is 33.4 Å². The molecule has 1 N–H and O–H groups in total. The van der Waals surface area contributed by atoms with Crippen molar-refractivity contribution < 1.29 is 23.5 Å². The van der Waals surface area contributed by atoms with Gasteiger partial charge in [0.1, 0.15) is 11.5 Å². The molecule has 2 amide bonds. The Morgan fingerprint density at radius 2 is 1.70 bits per heavy atom. The van der Waals surface area contributed by atoms with Crippen molar-refractivity contribution >= 4 is 29.0 Å². The summed E-state index contributed by atoms with van der Waals surface area (Å²) in [6.07, 6.45) is 1.50. The number of ether oxygens (including phenoxy) is 1. The molecule has 2 aromatic carbocycles. The second-order valence-corrected chi connectivity index (χ2v) is 6.45. The largest absolute Gasteiger partial charge is 0.497 e. The third-order valence-electron chi connectivity index (χ3n) is 4.31. The maximum atomic E-state index is 12.8. The second-order valence-electron chi connectivity index (χ2n) is 6.45. The van der Waals surface area contributed by atoms with Crippen LogP contribution in [0.4, 0.5) is 5.69 Å². The summed E-state index contributed by atoms with van der Waals surface area (Å²) in [5.74, 6) is -0.523. The molecule has 0 radical (unpaired) electrons. The van der Waals surface area contributed by atoms with Gasteiger partial charge in [-0.25, -0.2) is 4.99 Å². The molecular formula is C23H20N2O5. The van der Waals surface area contributed by atoms with E-state index < -0.39 is 11.8 Å². The number of nitrogens with one attached hydrogen (secondary N) is 1. The number of Topliss-reactive ketones (excluding diaryl/α,β-unsaturated/α-hetero) is 1. The first-order valence-corrected chi connectivity index (χ1v) is 9.17. The lowest BCUT2D eigenvalue weighted by molar-refractivity contribution is -0.110. The van der Waals surface area contributed by atoms with E-state index in [0.717, 1.165) is 5.56 Å². The number of benzene rings is 2. The van der Waals surface area contributed by atoms with E-state index in [0.29, 0.717) is 17.0 Å². The van der Waals surface area contributed by atoms with Crippen LogP contribution in [0.5, 0.6) is 5.75 Å². The number of methoxy groups -OCH3 is 1. The van der Waals surface area contributed by atoms with Crippen molar-refractivity contribution in [3.05, 3.63) is 83.8 Å². The highest BCUT2D eigenvalue weighted by molar-refractivity contribution is 6.45. The number of carbonyl (C=O) groups is 3. The van der Waals surface area contributed by atoms with Gasteiger partial charge in [0.05, 0.1) is 13.4 Å². The van der Waals surface area contributed by atoms with Gasteiger partial charge >= 0.3 is 5.91 Å². The Kier molecular flexibility index (Phi) is 6.54. The summed E-state index contributed by atoms with van der Waals surface area (Å²) in [6, 6.07) is 16.6. The molecule has 3 rings (SSSR count). The van der Waals surface area contributed by atoms with Crippen molar-refractivity contribution in [1.82, 2.24) is 0 Å². The molecule has 1 aromatic heterocycles. The molecule has 0 aliphatic heterocycles. The SMILES string of the molecule is COc1ccc(CC(=NC(=O)c2ccco2)C(=O)Nc2ccc(C(C)=O)cc2)cc1. The standard InChI is InChI=1S/C23H20N2O5/c1-15(26)17-7-9-18(10-8-17)24-22(27)20(25-23(28)21-4-3-13-30-21)14-16-5-11-19(29-2)12-6-16/h3-13H,14H2,1-2H3,(H,24,27). The molecule has 0 aliphatic rings. The Balaban J connectivity index is 1.84. The summed E-state index contributed by atoms with van der Waals surface area (Å²) >= 11 is 0. The van der Waals surface area contributed by atoms with Gasteiger partial charge in [0.2, 0.25) is 0 Å². The van der Waals surface area contributed by atoms with Crippen molar-refractivity contribution in [1.29, 1.82) is 0 Å². The van der Waals surface area contributed by atoms with Crippen LogP contribution in [-0.4, -0.2) is 30.4 Å².